The minimum absolute atomic E-state index is 0.0687. The van der Waals surface area contributed by atoms with Crippen molar-refractivity contribution in [3.63, 3.8) is 0 Å². The van der Waals surface area contributed by atoms with Crippen LogP contribution in [0.25, 0.3) is 0 Å². The quantitative estimate of drug-likeness (QED) is 0.813. The molecule has 2 N–H and O–H groups in total. The van der Waals surface area contributed by atoms with E-state index in [9.17, 15) is 14.3 Å². The van der Waals surface area contributed by atoms with Crippen molar-refractivity contribution in [1.29, 1.82) is 0 Å². The van der Waals surface area contributed by atoms with Gasteiger partial charge < -0.3 is 9.84 Å². The van der Waals surface area contributed by atoms with Gasteiger partial charge in [0.15, 0.2) is 0 Å². The molecule has 3 atom stereocenters. The van der Waals surface area contributed by atoms with Crippen LogP contribution >= 0.6 is 0 Å². The highest BCUT2D eigenvalue weighted by Gasteiger charge is 2.47. The van der Waals surface area contributed by atoms with Gasteiger partial charge in [-0.3, -0.25) is 10.1 Å². The number of esters is 1. The number of halogens is 1. The van der Waals surface area contributed by atoms with Crippen molar-refractivity contribution in [1.82, 2.24) is 5.32 Å². The number of hydrogen-bond acceptors (Lipinski definition) is 4. The molecule has 1 heterocycles. The fourth-order valence-corrected chi connectivity index (χ4v) is 2.76. The van der Waals surface area contributed by atoms with Crippen molar-refractivity contribution in [3.05, 3.63) is 35.6 Å². The number of rotatable bonds is 3. The molecule has 0 radical (unpaired) electrons. The summed E-state index contributed by atoms with van der Waals surface area (Å²) in [6, 6.07) is 5.93. The second-order valence-corrected chi connectivity index (χ2v) is 5.15. The number of nitrogens with one attached hydrogen (secondary N) is 1. The predicted molar refractivity (Wildman–Crippen MR) is 67.9 cm³/mol. The van der Waals surface area contributed by atoms with Crippen LogP contribution in [0.15, 0.2) is 24.3 Å². The molecule has 0 aliphatic carbocycles. The molecule has 1 aromatic carbocycles. The van der Waals surface area contributed by atoms with Gasteiger partial charge in [0.25, 0.3) is 0 Å². The highest BCUT2D eigenvalue weighted by atomic mass is 19.1. The average molecular weight is 267 g/mol. The van der Waals surface area contributed by atoms with E-state index in [2.05, 4.69) is 5.32 Å². The molecule has 1 aromatic rings. The first kappa shape index (κ1) is 14.0. The zero-order chi connectivity index (χ0) is 14.0. The maximum Gasteiger partial charge on any atom is 0.325 e. The fraction of sp³-hybridized carbons (Fsp3) is 0.500. The van der Waals surface area contributed by atoms with E-state index in [1.54, 1.807) is 19.1 Å². The van der Waals surface area contributed by atoms with Crippen LogP contribution in [0.2, 0.25) is 0 Å². The Bertz CT molecular complexity index is 480. The van der Waals surface area contributed by atoms with Crippen molar-refractivity contribution in [2.75, 3.05) is 13.7 Å². The highest BCUT2D eigenvalue weighted by Crippen LogP contribution is 2.38. The number of benzene rings is 1. The minimum Gasteiger partial charge on any atom is -0.468 e. The zero-order valence-corrected chi connectivity index (χ0v) is 11.0. The lowest BCUT2D eigenvalue weighted by atomic mass is 9.91. The van der Waals surface area contributed by atoms with Crippen LogP contribution in [0.4, 0.5) is 4.39 Å². The van der Waals surface area contributed by atoms with Crippen molar-refractivity contribution in [2.24, 2.45) is 5.92 Å². The monoisotopic (exact) mass is 267 g/mol. The van der Waals surface area contributed by atoms with Crippen LogP contribution < -0.4 is 5.32 Å². The first-order valence-corrected chi connectivity index (χ1v) is 6.22. The van der Waals surface area contributed by atoms with Gasteiger partial charge in [0.05, 0.1) is 7.11 Å². The van der Waals surface area contributed by atoms with E-state index in [1.807, 2.05) is 0 Å². The maximum atomic E-state index is 13.3. The van der Waals surface area contributed by atoms with E-state index in [1.165, 1.54) is 19.2 Å². The van der Waals surface area contributed by atoms with Crippen LogP contribution in [-0.4, -0.2) is 30.3 Å². The number of aliphatic hydroxyl groups is 1. The standard InChI is InChI=1S/C14H18FNO3/c1-14(13(18)19-2)7-10(8-17)12(16-14)9-4-3-5-11(15)6-9/h3-6,10,12,16-17H,7-8H2,1-2H3/t10-,12-,14+/m1/s1. The summed E-state index contributed by atoms with van der Waals surface area (Å²) in [5.74, 6) is -0.849. The van der Waals surface area contributed by atoms with Gasteiger partial charge in [0.1, 0.15) is 11.4 Å². The van der Waals surface area contributed by atoms with Crippen LogP contribution in [-0.2, 0) is 9.53 Å². The molecule has 0 saturated carbocycles. The summed E-state index contributed by atoms with van der Waals surface area (Å²) in [6.07, 6.45) is 0.456. The SMILES string of the molecule is COC(=O)[C@]1(C)C[C@H](CO)[C@@H](c2cccc(F)c2)N1. The van der Waals surface area contributed by atoms with E-state index in [0.29, 0.717) is 6.42 Å². The lowest BCUT2D eigenvalue weighted by Crippen LogP contribution is -2.45. The lowest BCUT2D eigenvalue weighted by Gasteiger charge is -2.22. The summed E-state index contributed by atoms with van der Waals surface area (Å²) in [4.78, 5) is 11.8. The van der Waals surface area contributed by atoms with E-state index in [0.717, 1.165) is 5.56 Å². The molecule has 1 saturated heterocycles. The third kappa shape index (κ3) is 2.62. The van der Waals surface area contributed by atoms with E-state index in [4.69, 9.17) is 4.74 Å². The smallest absolute Gasteiger partial charge is 0.325 e. The summed E-state index contributed by atoms with van der Waals surface area (Å²) in [7, 11) is 1.33. The molecular formula is C14H18FNO3. The van der Waals surface area contributed by atoms with Crippen molar-refractivity contribution in [3.8, 4) is 0 Å². The molecule has 2 rings (SSSR count). The van der Waals surface area contributed by atoms with Crippen LogP contribution in [0, 0.1) is 11.7 Å². The molecule has 104 valence electrons. The van der Waals surface area contributed by atoms with Crippen LogP contribution in [0.5, 0.6) is 0 Å². The number of carbonyl (C=O) groups is 1. The number of ether oxygens (including phenoxy) is 1. The molecule has 5 heteroatoms. The fourth-order valence-electron chi connectivity index (χ4n) is 2.76. The summed E-state index contributed by atoms with van der Waals surface area (Å²) in [6.45, 7) is 1.67. The van der Waals surface area contributed by atoms with Gasteiger partial charge in [0, 0.05) is 18.6 Å². The van der Waals surface area contributed by atoms with Crippen LogP contribution in [0.1, 0.15) is 24.9 Å². The predicted octanol–water partition coefficient (Wildman–Crippen LogP) is 1.40. The Morgan fingerprint density at radius 2 is 2.37 bits per heavy atom. The summed E-state index contributed by atoms with van der Waals surface area (Å²) < 4.78 is 18.1. The minimum atomic E-state index is -0.848. The molecule has 0 bridgehead atoms. The molecule has 1 aliphatic heterocycles. The second-order valence-electron chi connectivity index (χ2n) is 5.15. The molecule has 1 aliphatic rings. The number of carbonyl (C=O) groups excluding carboxylic acids is 1. The summed E-state index contributed by atoms with van der Waals surface area (Å²) >= 11 is 0. The van der Waals surface area contributed by atoms with Crippen LogP contribution in [0.3, 0.4) is 0 Å². The summed E-state index contributed by atoms with van der Waals surface area (Å²) in [5.41, 5.74) is -0.120. The van der Waals surface area contributed by atoms with Gasteiger partial charge in [-0.15, -0.1) is 0 Å². The van der Waals surface area contributed by atoms with E-state index in [-0.39, 0.29) is 30.4 Å². The third-order valence-corrected chi connectivity index (χ3v) is 3.69. The third-order valence-electron chi connectivity index (χ3n) is 3.69. The van der Waals surface area contributed by atoms with Gasteiger partial charge in [-0.2, -0.15) is 0 Å². The van der Waals surface area contributed by atoms with Crippen molar-refractivity contribution in [2.45, 2.75) is 24.9 Å². The number of aliphatic hydroxyl groups excluding tert-OH is 1. The lowest BCUT2D eigenvalue weighted by molar-refractivity contribution is -0.147. The van der Waals surface area contributed by atoms with E-state index < -0.39 is 5.54 Å². The van der Waals surface area contributed by atoms with E-state index >= 15 is 0 Å². The molecular weight excluding hydrogens is 249 g/mol. The average Bonchev–Trinajstić information content (AvgIpc) is 2.76. The molecule has 1 fully saturated rings. The number of methoxy groups -OCH3 is 1. The van der Waals surface area contributed by atoms with Gasteiger partial charge >= 0.3 is 5.97 Å². The summed E-state index contributed by atoms with van der Waals surface area (Å²) in [5, 5.41) is 12.6. The Hall–Kier alpha value is -1.46. The first-order valence-electron chi connectivity index (χ1n) is 6.22. The Kier molecular flexibility index (Phi) is 3.87. The Morgan fingerprint density at radius 1 is 1.63 bits per heavy atom. The second kappa shape index (κ2) is 5.27. The zero-order valence-electron chi connectivity index (χ0n) is 11.0. The molecule has 0 spiro atoms. The van der Waals surface area contributed by atoms with Gasteiger partial charge in [-0.1, -0.05) is 12.1 Å². The number of hydrogen-bond donors (Lipinski definition) is 2. The van der Waals surface area contributed by atoms with Crippen molar-refractivity contribution >= 4 is 5.97 Å². The van der Waals surface area contributed by atoms with Gasteiger partial charge in [-0.25, -0.2) is 4.39 Å². The Balaban J connectivity index is 2.28. The molecule has 19 heavy (non-hydrogen) atoms. The molecule has 4 nitrogen and oxygen atoms in total. The Morgan fingerprint density at radius 3 is 2.95 bits per heavy atom. The molecule has 0 amide bonds. The molecule has 0 aromatic heterocycles. The maximum absolute atomic E-state index is 13.3. The van der Waals surface area contributed by atoms with Crippen molar-refractivity contribution < 1.29 is 19.0 Å². The Labute approximate surface area is 111 Å². The normalized spacial score (nSPS) is 30.3. The highest BCUT2D eigenvalue weighted by molar-refractivity contribution is 5.80. The van der Waals surface area contributed by atoms with Gasteiger partial charge in [0.2, 0.25) is 0 Å². The molecule has 0 unspecified atom stereocenters. The largest absolute Gasteiger partial charge is 0.468 e. The van der Waals surface area contributed by atoms with Gasteiger partial charge in [-0.05, 0) is 31.0 Å². The topological polar surface area (TPSA) is 58.6 Å². The first-order chi connectivity index (χ1) is 9.00.